The van der Waals surface area contributed by atoms with Gasteiger partial charge >= 0.3 is 6.03 Å². The molecule has 4 N–H and O–H groups in total. The van der Waals surface area contributed by atoms with Crippen LogP contribution in [0.15, 0.2) is 72.8 Å². The van der Waals surface area contributed by atoms with E-state index >= 15 is 0 Å². The number of nitrogens with one attached hydrogen (secondary N) is 3. The lowest BCUT2D eigenvalue weighted by atomic mass is 9.95. The van der Waals surface area contributed by atoms with Gasteiger partial charge in [0.25, 0.3) is 0 Å². The van der Waals surface area contributed by atoms with Gasteiger partial charge in [-0.05, 0) is 72.5 Å². The van der Waals surface area contributed by atoms with Crippen molar-refractivity contribution in [3.05, 3.63) is 89.5 Å². The molecule has 1 saturated carbocycles. The van der Waals surface area contributed by atoms with Gasteiger partial charge in [-0.3, -0.25) is 4.79 Å². The molecule has 1 aliphatic carbocycles. The molecule has 0 radical (unpaired) electrons. The van der Waals surface area contributed by atoms with Crippen LogP contribution in [0, 0.1) is 11.3 Å². The van der Waals surface area contributed by atoms with E-state index in [4.69, 9.17) is 10.00 Å². The second-order valence-electron chi connectivity index (χ2n) is 8.94. The zero-order chi connectivity index (χ0) is 25.5. The molecule has 8 nitrogen and oxygen atoms in total. The summed E-state index contributed by atoms with van der Waals surface area (Å²) in [6, 6.07) is 21.6. The van der Waals surface area contributed by atoms with Crippen molar-refractivity contribution >= 4 is 17.6 Å². The zero-order valence-electron chi connectivity index (χ0n) is 20.0. The first-order chi connectivity index (χ1) is 17.4. The van der Waals surface area contributed by atoms with Crippen LogP contribution in [0.5, 0.6) is 11.5 Å². The molecule has 4 rings (SSSR count). The number of urea groups is 1. The number of methoxy groups -OCH3 is 1. The lowest BCUT2D eigenvalue weighted by Gasteiger charge is -2.22. The van der Waals surface area contributed by atoms with Crippen LogP contribution >= 0.6 is 0 Å². The van der Waals surface area contributed by atoms with Gasteiger partial charge in [0.1, 0.15) is 17.5 Å². The van der Waals surface area contributed by atoms with Crippen LogP contribution in [0.4, 0.5) is 10.5 Å². The quantitative estimate of drug-likeness (QED) is 0.367. The molecule has 0 spiro atoms. The van der Waals surface area contributed by atoms with Crippen molar-refractivity contribution in [2.45, 2.75) is 30.7 Å². The Hall–Kier alpha value is -4.51. The number of hydrogen-bond donors (Lipinski definition) is 4. The fourth-order valence-corrected chi connectivity index (χ4v) is 4.09. The minimum atomic E-state index is -0.837. The molecule has 8 heteroatoms. The van der Waals surface area contributed by atoms with E-state index in [9.17, 15) is 14.7 Å². The molecule has 3 aromatic carbocycles. The monoisotopic (exact) mass is 484 g/mol. The number of anilines is 1. The number of rotatable bonds is 9. The molecule has 0 heterocycles. The Labute approximate surface area is 209 Å². The van der Waals surface area contributed by atoms with Crippen LogP contribution in [0.1, 0.15) is 29.5 Å². The number of carbonyl (C=O) groups is 2. The van der Waals surface area contributed by atoms with Crippen LogP contribution < -0.4 is 20.7 Å². The number of ether oxygens (including phenoxy) is 1. The van der Waals surface area contributed by atoms with Gasteiger partial charge < -0.3 is 25.8 Å². The van der Waals surface area contributed by atoms with Crippen molar-refractivity contribution in [3.8, 4) is 17.6 Å². The van der Waals surface area contributed by atoms with E-state index in [1.807, 2.05) is 6.07 Å². The maximum absolute atomic E-state index is 13.2. The van der Waals surface area contributed by atoms with Gasteiger partial charge in [0.15, 0.2) is 0 Å². The Bertz CT molecular complexity index is 1260. The van der Waals surface area contributed by atoms with Crippen LogP contribution in [0.3, 0.4) is 0 Å². The molecule has 0 bridgehead atoms. The lowest BCUT2D eigenvalue weighted by Crippen LogP contribution is -2.50. The number of hydrogen-bond acceptors (Lipinski definition) is 5. The van der Waals surface area contributed by atoms with Crippen LogP contribution in [-0.2, 0) is 16.6 Å². The van der Waals surface area contributed by atoms with E-state index in [1.54, 1.807) is 73.8 Å². The van der Waals surface area contributed by atoms with Crippen molar-refractivity contribution in [2.75, 3.05) is 19.0 Å². The Balaban J connectivity index is 1.44. The molecule has 0 aliphatic heterocycles. The average Bonchev–Trinajstić information content (AvgIpc) is 3.69. The third-order valence-corrected chi connectivity index (χ3v) is 6.41. The minimum Gasteiger partial charge on any atom is -0.508 e. The lowest BCUT2D eigenvalue weighted by molar-refractivity contribution is -0.123. The first-order valence-corrected chi connectivity index (χ1v) is 11.7. The number of amides is 3. The molecule has 1 fully saturated rings. The average molecular weight is 485 g/mol. The Morgan fingerprint density at radius 2 is 1.81 bits per heavy atom. The molecule has 36 heavy (non-hydrogen) atoms. The minimum absolute atomic E-state index is 0.195. The van der Waals surface area contributed by atoms with E-state index in [0.29, 0.717) is 23.5 Å². The van der Waals surface area contributed by atoms with Gasteiger partial charge in [-0.1, -0.05) is 24.3 Å². The molecule has 1 aliphatic rings. The smallest absolute Gasteiger partial charge is 0.319 e. The molecule has 184 valence electrons. The highest BCUT2D eigenvalue weighted by Gasteiger charge is 2.44. The maximum atomic E-state index is 13.2. The number of carbonyl (C=O) groups excluding carboxylic acids is 2. The first-order valence-electron chi connectivity index (χ1n) is 11.7. The molecule has 3 aromatic rings. The Kier molecular flexibility index (Phi) is 7.40. The summed E-state index contributed by atoms with van der Waals surface area (Å²) in [4.78, 5) is 26.0. The number of nitrogens with zero attached hydrogens (tertiary/aromatic N) is 1. The van der Waals surface area contributed by atoms with E-state index in [1.165, 1.54) is 0 Å². The highest BCUT2D eigenvalue weighted by molar-refractivity contribution is 5.94. The van der Waals surface area contributed by atoms with Gasteiger partial charge in [-0.2, -0.15) is 5.26 Å². The third kappa shape index (κ3) is 6.13. The molecular weight excluding hydrogens is 456 g/mol. The van der Waals surface area contributed by atoms with E-state index in [0.717, 1.165) is 24.0 Å². The van der Waals surface area contributed by atoms with Crippen molar-refractivity contribution < 1.29 is 19.4 Å². The number of phenols is 1. The van der Waals surface area contributed by atoms with Gasteiger partial charge in [0, 0.05) is 24.1 Å². The number of nitriles is 1. The highest BCUT2D eigenvalue weighted by atomic mass is 16.5. The summed E-state index contributed by atoms with van der Waals surface area (Å²) in [5.41, 5.74) is 2.67. The summed E-state index contributed by atoms with van der Waals surface area (Å²) < 4.78 is 5.14. The molecule has 3 amide bonds. The fraction of sp³-hybridized carbons (Fsp3) is 0.250. The van der Waals surface area contributed by atoms with Crippen LogP contribution in [0.2, 0.25) is 0 Å². The first kappa shape index (κ1) is 24.6. The van der Waals surface area contributed by atoms with Gasteiger partial charge in [0.05, 0.1) is 18.7 Å². The van der Waals surface area contributed by atoms with E-state index in [2.05, 4.69) is 22.0 Å². The van der Waals surface area contributed by atoms with E-state index < -0.39 is 12.1 Å². The van der Waals surface area contributed by atoms with Gasteiger partial charge in [0.2, 0.25) is 5.91 Å². The zero-order valence-corrected chi connectivity index (χ0v) is 20.0. The summed E-state index contributed by atoms with van der Waals surface area (Å²) in [6.07, 6.45) is 2.07. The molecule has 0 aromatic heterocycles. The summed E-state index contributed by atoms with van der Waals surface area (Å²) in [7, 11) is 1.56. The molecule has 0 unspecified atom stereocenters. The van der Waals surface area contributed by atoms with Crippen LogP contribution in [0.25, 0.3) is 0 Å². The normalized spacial score (nSPS) is 14.1. The second kappa shape index (κ2) is 10.8. The van der Waals surface area contributed by atoms with E-state index in [-0.39, 0.29) is 23.5 Å². The van der Waals surface area contributed by atoms with Crippen LogP contribution in [-0.4, -0.2) is 36.7 Å². The summed E-state index contributed by atoms with van der Waals surface area (Å²) in [6.45, 7) is 0.404. The van der Waals surface area contributed by atoms with Crippen molar-refractivity contribution in [3.63, 3.8) is 0 Å². The third-order valence-electron chi connectivity index (χ3n) is 6.41. The topological polar surface area (TPSA) is 123 Å². The second-order valence-corrected chi connectivity index (χ2v) is 8.94. The fourth-order valence-electron chi connectivity index (χ4n) is 4.09. The number of aromatic hydroxyl groups is 1. The SMILES string of the molecule is COc1ccc(NC(=O)N[C@H](Cc2ccc(C#N)cc2)C(=O)NCC2(c3cccc(O)c3)CC2)cc1. The van der Waals surface area contributed by atoms with Gasteiger partial charge in [-0.25, -0.2) is 4.79 Å². The number of phenolic OH excluding ortho intramolecular Hbond substituents is 1. The predicted octanol–water partition coefficient (Wildman–Crippen LogP) is 3.85. The van der Waals surface area contributed by atoms with Crippen molar-refractivity contribution in [2.24, 2.45) is 0 Å². The summed E-state index contributed by atoms with van der Waals surface area (Å²) in [5.74, 6) is 0.552. The Morgan fingerprint density at radius 3 is 2.42 bits per heavy atom. The summed E-state index contributed by atoms with van der Waals surface area (Å²) in [5, 5.41) is 27.4. The predicted molar refractivity (Wildman–Crippen MR) is 136 cm³/mol. The van der Waals surface area contributed by atoms with Gasteiger partial charge in [-0.15, -0.1) is 0 Å². The van der Waals surface area contributed by atoms with Crippen molar-refractivity contribution in [1.82, 2.24) is 10.6 Å². The number of benzene rings is 3. The summed E-state index contributed by atoms with van der Waals surface area (Å²) >= 11 is 0. The highest BCUT2D eigenvalue weighted by Crippen LogP contribution is 2.48. The molecular formula is C28H28N4O4. The Morgan fingerprint density at radius 1 is 1.08 bits per heavy atom. The standard InChI is InChI=1S/C28H28N4O4/c1-36-24-11-9-22(10-12-24)31-27(35)32-25(15-19-5-7-20(17-29)8-6-19)26(34)30-18-28(13-14-28)21-3-2-4-23(33)16-21/h2-12,16,25,33H,13-15,18H2,1H3,(H,30,34)(H2,31,32,35)/t25-/m1/s1. The maximum Gasteiger partial charge on any atom is 0.319 e. The largest absolute Gasteiger partial charge is 0.508 e. The molecule has 0 saturated heterocycles. The molecule has 1 atom stereocenters. The van der Waals surface area contributed by atoms with Crippen molar-refractivity contribution in [1.29, 1.82) is 5.26 Å².